The maximum Gasteiger partial charge on any atom is 0.410 e. The molecule has 3 aliphatic rings. The van der Waals surface area contributed by atoms with Gasteiger partial charge in [-0.1, -0.05) is 42.5 Å². The fourth-order valence-corrected chi connectivity index (χ4v) is 7.71. The minimum atomic E-state index is -0.460. The highest BCUT2D eigenvalue weighted by Gasteiger charge is 2.44. The van der Waals surface area contributed by atoms with E-state index in [4.69, 9.17) is 9.72 Å². The van der Waals surface area contributed by atoms with Gasteiger partial charge >= 0.3 is 6.09 Å². The van der Waals surface area contributed by atoms with Crippen LogP contribution in [0.1, 0.15) is 83.1 Å². The molecule has 0 saturated carbocycles. The number of hydrogen-bond donors (Lipinski definition) is 0. The Hall–Kier alpha value is -2.86. The Bertz CT molecular complexity index is 1290. The molecule has 1 unspecified atom stereocenters. The highest BCUT2D eigenvalue weighted by atomic mass is 16.6. The van der Waals surface area contributed by atoms with Gasteiger partial charge in [0.2, 0.25) is 0 Å². The van der Waals surface area contributed by atoms with Crippen molar-refractivity contribution >= 4 is 17.1 Å². The molecule has 1 aromatic heterocycles. The molecule has 39 heavy (non-hydrogen) atoms. The number of aryl methyl sites for hydroxylation is 1. The lowest BCUT2D eigenvalue weighted by Crippen LogP contribution is -2.49. The van der Waals surface area contributed by atoms with Gasteiger partial charge in [-0.15, -0.1) is 0 Å². The number of likely N-dealkylation sites (tertiary alicyclic amines) is 1. The Morgan fingerprint density at radius 1 is 0.949 bits per heavy atom. The van der Waals surface area contributed by atoms with Gasteiger partial charge in [0.15, 0.2) is 0 Å². The zero-order valence-electron chi connectivity index (χ0n) is 24.1. The normalized spacial score (nSPS) is 25.2. The van der Waals surface area contributed by atoms with Gasteiger partial charge in [-0.3, -0.25) is 4.90 Å². The molecular formula is C33H44N4O2. The minimum absolute atomic E-state index is 0.104. The first-order chi connectivity index (χ1) is 18.7. The quantitative estimate of drug-likeness (QED) is 0.363. The Morgan fingerprint density at radius 3 is 2.26 bits per heavy atom. The van der Waals surface area contributed by atoms with E-state index in [1.54, 1.807) is 0 Å². The van der Waals surface area contributed by atoms with E-state index in [1.807, 2.05) is 25.7 Å². The molecule has 0 spiro atoms. The topological polar surface area (TPSA) is 50.6 Å². The van der Waals surface area contributed by atoms with Crippen molar-refractivity contribution in [2.75, 3.05) is 19.6 Å². The first-order valence-corrected chi connectivity index (χ1v) is 15.0. The van der Waals surface area contributed by atoms with Crippen LogP contribution in [0.5, 0.6) is 0 Å². The van der Waals surface area contributed by atoms with Crippen LogP contribution in [0.2, 0.25) is 0 Å². The third kappa shape index (κ3) is 5.20. The molecule has 3 atom stereocenters. The summed E-state index contributed by atoms with van der Waals surface area (Å²) in [4.78, 5) is 22.4. The molecule has 0 aliphatic carbocycles. The first kappa shape index (κ1) is 26.4. The second-order valence-corrected chi connectivity index (χ2v) is 13.1. The van der Waals surface area contributed by atoms with Crippen molar-refractivity contribution in [2.24, 2.45) is 0 Å². The Balaban J connectivity index is 1.16. The SMILES string of the molecule is Cc1nc2ccccc2n1C1C[C@H]2CC[C@@H](C1)N2CCC1(c2ccccc2)CCN(C(=O)OC(C)(C)C)CC1. The predicted octanol–water partition coefficient (Wildman–Crippen LogP) is 6.87. The lowest BCUT2D eigenvalue weighted by Gasteiger charge is -2.45. The number of aromatic nitrogens is 2. The molecule has 2 aromatic carbocycles. The summed E-state index contributed by atoms with van der Waals surface area (Å²) < 4.78 is 8.21. The van der Waals surface area contributed by atoms with E-state index in [9.17, 15) is 4.79 Å². The van der Waals surface area contributed by atoms with E-state index < -0.39 is 5.60 Å². The van der Waals surface area contributed by atoms with Crippen LogP contribution in [0, 0.1) is 6.92 Å². The molecule has 6 nitrogen and oxygen atoms in total. The summed E-state index contributed by atoms with van der Waals surface area (Å²) >= 11 is 0. The van der Waals surface area contributed by atoms with Crippen LogP contribution in [-0.4, -0.2) is 62.8 Å². The molecule has 6 rings (SSSR count). The number of hydrogen-bond acceptors (Lipinski definition) is 4. The molecule has 4 heterocycles. The van der Waals surface area contributed by atoms with Crippen LogP contribution in [0.4, 0.5) is 4.79 Å². The smallest absolute Gasteiger partial charge is 0.410 e. The monoisotopic (exact) mass is 528 g/mol. The summed E-state index contributed by atoms with van der Waals surface area (Å²) in [6.07, 6.45) is 7.97. The number of nitrogens with zero attached hydrogens (tertiary/aromatic N) is 4. The van der Waals surface area contributed by atoms with Crippen LogP contribution < -0.4 is 0 Å². The summed E-state index contributed by atoms with van der Waals surface area (Å²) in [6, 6.07) is 21.5. The Kier molecular flexibility index (Phi) is 6.95. The van der Waals surface area contributed by atoms with Crippen molar-refractivity contribution in [3.63, 3.8) is 0 Å². The van der Waals surface area contributed by atoms with E-state index >= 15 is 0 Å². The van der Waals surface area contributed by atoms with Crippen molar-refractivity contribution < 1.29 is 9.53 Å². The Labute approximate surface area is 233 Å². The van der Waals surface area contributed by atoms with Gasteiger partial charge in [0.05, 0.1) is 11.0 Å². The van der Waals surface area contributed by atoms with Crippen LogP contribution >= 0.6 is 0 Å². The number of benzene rings is 2. The van der Waals surface area contributed by atoms with Crippen LogP contribution in [0.25, 0.3) is 11.0 Å². The summed E-state index contributed by atoms with van der Waals surface area (Å²) in [5, 5.41) is 0. The fourth-order valence-electron chi connectivity index (χ4n) is 7.71. The molecule has 3 aromatic rings. The van der Waals surface area contributed by atoms with E-state index in [-0.39, 0.29) is 11.5 Å². The van der Waals surface area contributed by atoms with E-state index in [1.165, 1.54) is 36.8 Å². The Morgan fingerprint density at radius 2 is 1.59 bits per heavy atom. The summed E-state index contributed by atoms with van der Waals surface area (Å²) in [5.41, 5.74) is 3.47. The number of fused-ring (bicyclic) bond motifs is 3. The number of imidazole rings is 1. The van der Waals surface area contributed by atoms with Gasteiger partial charge in [0, 0.05) is 31.2 Å². The van der Waals surface area contributed by atoms with Crippen LogP contribution in [0.15, 0.2) is 54.6 Å². The zero-order chi connectivity index (χ0) is 27.2. The van der Waals surface area contributed by atoms with E-state index in [0.717, 1.165) is 50.2 Å². The average molecular weight is 529 g/mol. The van der Waals surface area contributed by atoms with E-state index in [0.29, 0.717) is 18.1 Å². The number of carbonyl (C=O) groups is 1. The molecule has 2 bridgehead atoms. The summed E-state index contributed by atoms with van der Waals surface area (Å²) in [5.74, 6) is 1.15. The standard InChI is InChI=1S/C33H44N4O2/c1-24-34-29-12-8-9-13-30(29)37(24)28-22-26-14-15-27(23-28)36(26)21-18-33(25-10-6-5-7-11-25)16-19-35(20-17-33)31(38)39-32(2,3)4/h5-13,26-28H,14-23H2,1-4H3/t26-,27+,28?. The average Bonchev–Trinajstić information content (AvgIpc) is 3.37. The fraction of sp³-hybridized carbons (Fsp3) is 0.576. The molecule has 6 heteroatoms. The molecule has 3 aliphatic heterocycles. The number of piperidine rings is 2. The summed E-state index contributed by atoms with van der Waals surface area (Å²) in [6.45, 7) is 10.6. The van der Waals surface area contributed by atoms with Crippen molar-refractivity contribution in [1.82, 2.24) is 19.4 Å². The molecule has 0 radical (unpaired) electrons. The lowest BCUT2D eigenvalue weighted by molar-refractivity contribution is 0.0144. The number of para-hydroxylation sites is 2. The molecule has 1 amide bonds. The highest BCUT2D eigenvalue weighted by molar-refractivity contribution is 5.76. The van der Waals surface area contributed by atoms with Crippen molar-refractivity contribution in [3.05, 3.63) is 66.0 Å². The second-order valence-electron chi connectivity index (χ2n) is 13.1. The highest BCUT2D eigenvalue weighted by Crippen LogP contribution is 2.45. The zero-order valence-corrected chi connectivity index (χ0v) is 24.1. The third-order valence-electron chi connectivity index (χ3n) is 9.60. The number of ether oxygens (including phenoxy) is 1. The number of carbonyl (C=O) groups excluding carboxylic acids is 1. The third-order valence-corrected chi connectivity index (χ3v) is 9.60. The maximum absolute atomic E-state index is 12.8. The van der Waals surface area contributed by atoms with Crippen molar-refractivity contribution in [1.29, 1.82) is 0 Å². The van der Waals surface area contributed by atoms with Crippen molar-refractivity contribution in [3.8, 4) is 0 Å². The molecule has 3 fully saturated rings. The lowest BCUT2D eigenvalue weighted by atomic mass is 9.70. The van der Waals surface area contributed by atoms with Gasteiger partial charge in [-0.25, -0.2) is 9.78 Å². The van der Waals surface area contributed by atoms with Gasteiger partial charge in [0.25, 0.3) is 0 Å². The van der Waals surface area contributed by atoms with Gasteiger partial charge in [-0.2, -0.15) is 0 Å². The molecule has 208 valence electrons. The van der Waals surface area contributed by atoms with Crippen LogP contribution in [0.3, 0.4) is 0 Å². The number of amides is 1. The number of rotatable bonds is 5. The molecule has 3 saturated heterocycles. The van der Waals surface area contributed by atoms with Gasteiger partial charge in [0.1, 0.15) is 11.4 Å². The van der Waals surface area contributed by atoms with Crippen molar-refractivity contribution in [2.45, 2.75) is 102 Å². The minimum Gasteiger partial charge on any atom is -0.444 e. The largest absolute Gasteiger partial charge is 0.444 e. The van der Waals surface area contributed by atoms with Gasteiger partial charge < -0.3 is 14.2 Å². The van der Waals surface area contributed by atoms with E-state index in [2.05, 4.69) is 71.0 Å². The van der Waals surface area contributed by atoms with Crippen LogP contribution in [-0.2, 0) is 10.2 Å². The second kappa shape index (κ2) is 10.3. The predicted molar refractivity (Wildman–Crippen MR) is 156 cm³/mol. The molecular weight excluding hydrogens is 484 g/mol. The summed E-state index contributed by atoms with van der Waals surface area (Å²) in [7, 11) is 0. The van der Waals surface area contributed by atoms with Gasteiger partial charge in [-0.05, 0) is 102 Å². The molecule has 0 N–H and O–H groups in total. The first-order valence-electron chi connectivity index (χ1n) is 15.0. The maximum atomic E-state index is 12.8.